The molecule has 0 saturated heterocycles. The average molecular weight is 287 g/mol. The summed E-state index contributed by atoms with van der Waals surface area (Å²) >= 11 is 6.58. The Bertz CT molecular complexity index is 589. The minimum atomic E-state index is 0.0364. The first kappa shape index (κ1) is 13.5. The maximum atomic E-state index is 6.58. The normalized spacial score (nSPS) is 14.9. The van der Waals surface area contributed by atoms with Gasteiger partial charge in [-0.1, -0.05) is 30.3 Å². The molecule has 1 atom stereocenters. The minimum absolute atomic E-state index is 0.0364. The maximum Gasteiger partial charge on any atom is 0.118 e. The van der Waals surface area contributed by atoms with Crippen LogP contribution < -0.4 is 4.74 Å². The third kappa shape index (κ3) is 2.83. The van der Waals surface area contributed by atoms with Gasteiger partial charge in [0.15, 0.2) is 0 Å². The molecule has 0 heterocycles. The summed E-state index contributed by atoms with van der Waals surface area (Å²) in [7, 11) is 1.68. The smallest absolute Gasteiger partial charge is 0.118 e. The van der Waals surface area contributed by atoms with Crippen LogP contribution in [-0.2, 0) is 19.3 Å². The first-order valence-electron chi connectivity index (χ1n) is 7.15. The summed E-state index contributed by atoms with van der Waals surface area (Å²) in [6.45, 7) is 0. The van der Waals surface area contributed by atoms with Crippen molar-refractivity contribution in [2.45, 2.75) is 31.1 Å². The summed E-state index contributed by atoms with van der Waals surface area (Å²) in [5.41, 5.74) is 5.47. The van der Waals surface area contributed by atoms with Crippen molar-refractivity contribution in [2.75, 3.05) is 7.11 Å². The van der Waals surface area contributed by atoms with Crippen LogP contribution in [-0.4, -0.2) is 7.11 Å². The highest BCUT2D eigenvalue weighted by Crippen LogP contribution is 2.30. The largest absolute Gasteiger partial charge is 0.497 e. The zero-order valence-corrected chi connectivity index (χ0v) is 12.5. The molecule has 1 aliphatic carbocycles. The number of halogens is 1. The minimum Gasteiger partial charge on any atom is -0.497 e. The molecular weight excluding hydrogens is 268 g/mol. The van der Waals surface area contributed by atoms with Gasteiger partial charge in [0.1, 0.15) is 5.75 Å². The second-order valence-corrected chi connectivity index (χ2v) is 5.93. The van der Waals surface area contributed by atoms with E-state index in [1.807, 2.05) is 12.1 Å². The van der Waals surface area contributed by atoms with Gasteiger partial charge in [-0.05, 0) is 60.1 Å². The molecule has 1 nitrogen and oxygen atoms in total. The van der Waals surface area contributed by atoms with Crippen molar-refractivity contribution in [1.82, 2.24) is 0 Å². The van der Waals surface area contributed by atoms with Gasteiger partial charge < -0.3 is 4.74 Å². The van der Waals surface area contributed by atoms with Crippen molar-refractivity contribution >= 4 is 11.6 Å². The number of fused-ring (bicyclic) bond motifs is 1. The van der Waals surface area contributed by atoms with Crippen LogP contribution in [0.2, 0.25) is 0 Å². The summed E-state index contributed by atoms with van der Waals surface area (Å²) in [6.07, 6.45) is 4.56. The highest BCUT2D eigenvalue weighted by atomic mass is 35.5. The predicted octanol–water partition coefficient (Wildman–Crippen LogP) is 4.71. The van der Waals surface area contributed by atoms with Gasteiger partial charge in [-0.15, -0.1) is 11.6 Å². The molecule has 1 unspecified atom stereocenters. The fourth-order valence-electron chi connectivity index (χ4n) is 2.87. The van der Waals surface area contributed by atoms with E-state index in [1.165, 1.54) is 41.5 Å². The summed E-state index contributed by atoms with van der Waals surface area (Å²) in [4.78, 5) is 0. The molecule has 0 aromatic heterocycles. The van der Waals surface area contributed by atoms with Gasteiger partial charge in [0, 0.05) is 0 Å². The molecule has 0 N–H and O–H groups in total. The molecule has 20 heavy (non-hydrogen) atoms. The summed E-state index contributed by atoms with van der Waals surface area (Å²) in [6, 6.07) is 14.9. The van der Waals surface area contributed by atoms with Gasteiger partial charge in [0.25, 0.3) is 0 Å². The molecule has 0 amide bonds. The van der Waals surface area contributed by atoms with Crippen molar-refractivity contribution in [1.29, 1.82) is 0 Å². The zero-order valence-electron chi connectivity index (χ0n) is 11.7. The topological polar surface area (TPSA) is 9.23 Å². The summed E-state index contributed by atoms with van der Waals surface area (Å²) in [5.74, 6) is 0.886. The maximum absolute atomic E-state index is 6.58. The SMILES string of the molecule is COc1ccc(CC(Cl)c2ccc3c(c2)CCC3)cc1. The quantitative estimate of drug-likeness (QED) is 0.740. The molecule has 104 valence electrons. The number of rotatable bonds is 4. The molecule has 0 fully saturated rings. The number of ether oxygens (including phenoxy) is 1. The van der Waals surface area contributed by atoms with Gasteiger partial charge >= 0.3 is 0 Å². The number of benzene rings is 2. The van der Waals surface area contributed by atoms with Gasteiger partial charge in [-0.25, -0.2) is 0 Å². The van der Waals surface area contributed by atoms with Crippen LogP contribution in [0.1, 0.15) is 34.1 Å². The van der Waals surface area contributed by atoms with E-state index in [2.05, 4.69) is 30.3 Å². The Balaban J connectivity index is 1.73. The van der Waals surface area contributed by atoms with Crippen LogP contribution in [0.4, 0.5) is 0 Å². The molecule has 0 saturated carbocycles. The van der Waals surface area contributed by atoms with E-state index in [1.54, 1.807) is 7.11 Å². The van der Waals surface area contributed by atoms with Crippen LogP contribution in [0.5, 0.6) is 5.75 Å². The fourth-order valence-corrected chi connectivity index (χ4v) is 3.19. The lowest BCUT2D eigenvalue weighted by Crippen LogP contribution is -1.97. The molecule has 3 rings (SSSR count). The van der Waals surface area contributed by atoms with Crippen molar-refractivity contribution < 1.29 is 4.74 Å². The number of hydrogen-bond donors (Lipinski definition) is 0. The first-order valence-corrected chi connectivity index (χ1v) is 7.58. The molecule has 0 spiro atoms. The van der Waals surface area contributed by atoms with Gasteiger partial charge in [0.05, 0.1) is 12.5 Å². The van der Waals surface area contributed by atoms with E-state index in [9.17, 15) is 0 Å². The number of hydrogen-bond acceptors (Lipinski definition) is 1. The lowest BCUT2D eigenvalue weighted by Gasteiger charge is -2.12. The second-order valence-electron chi connectivity index (χ2n) is 5.40. The third-order valence-corrected chi connectivity index (χ3v) is 4.46. The third-order valence-electron chi connectivity index (χ3n) is 4.06. The summed E-state index contributed by atoms with van der Waals surface area (Å²) in [5, 5.41) is 0.0364. The van der Waals surface area contributed by atoms with E-state index in [-0.39, 0.29) is 5.38 Å². The Labute approximate surface area is 125 Å². The van der Waals surface area contributed by atoms with E-state index >= 15 is 0 Å². The molecule has 1 aliphatic rings. The lowest BCUT2D eigenvalue weighted by atomic mass is 10.00. The summed E-state index contributed by atoms with van der Waals surface area (Å²) < 4.78 is 5.18. The number of methoxy groups -OCH3 is 1. The number of alkyl halides is 1. The monoisotopic (exact) mass is 286 g/mol. The molecule has 0 aliphatic heterocycles. The fraction of sp³-hybridized carbons (Fsp3) is 0.333. The van der Waals surface area contributed by atoms with Crippen LogP contribution >= 0.6 is 11.6 Å². The van der Waals surface area contributed by atoms with E-state index < -0.39 is 0 Å². The van der Waals surface area contributed by atoms with Crippen molar-refractivity contribution in [3.05, 3.63) is 64.7 Å². The van der Waals surface area contributed by atoms with Crippen molar-refractivity contribution in [3.8, 4) is 5.75 Å². The molecule has 0 bridgehead atoms. The Morgan fingerprint density at radius 2 is 1.80 bits per heavy atom. The molecule has 0 radical (unpaired) electrons. The molecule has 2 aromatic carbocycles. The van der Waals surface area contributed by atoms with Crippen molar-refractivity contribution in [3.63, 3.8) is 0 Å². The van der Waals surface area contributed by atoms with Crippen LogP contribution in [0, 0.1) is 0 Å². The van der Waals surface area contributed by atoms with Gasteiger partial charge in [0.2, 0.25) is 0 Å². The van der Waals surface area contributed by atoms with Gasteiger partial charge in [-0.2, -0.15) is 0 Å². The standard InChI is InChI=1S/C18H19ClO/c1-20-17-9-5-13(6-10-17)11-18(19)16-8-7-14-3-2-4-15(14)12-16/h5-10,12,18H,2-4,11H2,1H3. The Morgan fingerprint density at radius 3 is 2.55 bits per heavy atom. The van der Waals surface area contributed by atoms with E-state index in [0.717, 1.165) is 12.2 Å². The van der Waals surface area contributed by atoms with Crippen LogP contribution in [0.25, 0.3) is 0 Å². The number of aryl methyl sites for hydroxylation is 2. The Hall–Kier alpha value is -1.47. The zero-order chi connectivity index (χ0) is 13.9. The molecule has 2 heteroatoms. The second kappa shape index (κ2) is 5.88. The highest BCUT2D eigenvalue weighted by Gasteiger charge is 2.15. The lowest BCUT2D eigenvalue weighted by molar-refractivity contribution is 0.414. The molecular formula is C18H19ClO. The molecule has 2 aromatic rings. The van der Waals surface area contributed by atoms with Crippen molar-refractivity contribution in [2.24, 2.45) is 0 Å². The van der Waals surface area contributed by atoms with E-state index in [0.29, 0.717) is 0 Å². The first-order chi connectivity index (χ1) is 9.76. The van der Waals surface area contributed by atoms with E-state index in [4.69, 9.17) is 16.3 Å². The van der Waals surface area contributed by atoms with Crippen LogP contribution in [0.15, 0.2) is 42.5 Å². The predicted molar refractivity (Wildman–Crippen MR) is 83.8 cm³/mol. The van der Waals surface area contributed by atoms with Crippen LogP contribution in [0.3, 0.4) is 0 Å². The average Bonchev–Trinajstić information content (AvgIpc) is 2.95. The highest BCUT2D eigenvalue weighted by molar-refractivity contribution is 6.20. The Kier molecular flexibility index (Phi) is 3.98. The Morgan fingerprint density at radius 1 is 1.05 bits per heavy atom. The van der Waals surface area contributed by atoms with Gasteiger partial charge in [-0.3, -0.25) is 0 Å².